The lowest BCUT2D eigenvalue weighted by Gasteiger charge is -2.47. The van der Waals surface area contributed by atoms with Crippen molar-refractivity contribution in [2.24, 2.45) is 5.92 Å². The minimum atomic E-state index is 0.0951. The van der Waals surface area contributed by atoms with Gasteiger partial charge in [0.25, 0.3) is 0 Å². The van der Waals surface area contributed by atoms with Crippen molar-refractivity contribution in [1.82, 2.24) is 9.80 Å². The Balaban J connectivity index is 1.59. The molecule has 6 rings (SSSR count). The Hall–Kier alpha value is -4.16. The maximum Gasteiger partial charge on any atom is 0.113 e. The highest BCUT2D eigenvalue weighted by atomic mass is 15.4. The van der Waals surface area contributed by atoms with Crippen LogP contribution in [0.25, 0.3) is 5.57 Å². The molecule has 0 aliphatic carbocycles. The number of hydrogen-bond acceptors (Lipinski definition) is 6. The molecule has 6 nitrogen and oxygen atoms in total. The van der Waals surface area contributed by atoms with Crippen LogP contribution in [0.15, 0.2) is 67.8 Å². The third kappa shape index (κ3) is 2.79. The van der Waals surface area contributed by atoms with Crippen molar-refractivity contribution in [3.8, 4) is 12.1 Å². The molecule has 34 heavy (non-hydrogen) atoms. The smallest absolute Gasteiger partial charge is 0.113 e. The number of nitrogens with zero attached hydrogens (tertiary/aromatic N) is 6. The van der Waals surface area contributed by atoms with Gasteiger partial charge in [0.05, 0.1) is 29.0 Å². The van der Waals surface area contributed by atoms with Gasteiger partial charge in [-0.25, -0.2) is 0 Å². The molecule has 4 atom stereocenters. The lowest BCUT2D eigenvalue weighted by molar-refractivity contribution is 0.240. The molecule has 4 aliphatic heterocycles. The zero-order valence-electron chi connectivity index (χ0n) is 19.4. The lowest BCUT2D eigenvalue weighted by Crippen LogP contribution is -2.49. The number of rotatable bonds is 0. The highest BCUT2D eigenvalue weighted by Gasteiger charge is 2.47. The van der Waals surface area contributed by atoms with E-state index in [1.807, 2.05) is 18.2 Å². The van der Waals surface area contributed by atoms with Crippen LogP contribution in [-0.2, 0) is 0 Å². The van der Waals surface area contributed by atoms with Crippen LogP contribution < -0.4 is 9.80 Å². The number of nitriles is 2. The summed E-state index contributed by atoms with van der Waals surface area (Å²) in [6.07, 6.45) is 10.7. The van der Waals surface area contributed by atoms with Crippen LogP contribution in [0.3, 0.4) is 0 Å². The minimum absolute atomic E-state index is 0.0951. The molecule has 0 saturated carbocycles. The van der Waals surface area contributed by atoms with Crippen molar-refractivity contribution >= 4 is 16.9 Å². The van der Waals surface area contributed by atoms with Crippen molar-refractivity contribution in [2.75, 3.05) is 23.9 Å². The summed E-state index contributed by atoms with van der Waals surface area (Å²) < 4.78 is 0. The Morgan fingerprint density at radius 2 is 1.50 bits per heavy atom. The second kappa shape index (κ2) is 7.43. The van der Waals surface area contributed by atoms with Crippen LogP contribution in [-0.4, -0.2) is 36.2 Å². The maximum atomic E-state index is 9.68. The van der Waals surface area contributed by atoms with Crippen molar-refractivity contribution in [3.05, 3.63) is 90.0 Å². The standard InChI is InChI=1S/C28H26N6/c1-18-22-14-19(16-29)4-7-24(22)33-12-10-31(2)26(33)9-6-21-23-15-20(17-30)5-8-25(23)34-13-11-32(3)28(34)27(18)21/h4-5,7-8,10-15,21,26-28H,1,6,9H2,2-3H3. The van der Waals surface area contributed by atoms with Crippen LogP contribution in [0.2, 0.25) is 0 Å². The quantitative estimate of drug-likeness (QED) is 0.582. The Morgan fingerprint density at radius 1 is 0.824 bits per heavy atom. The first kappa shape index (κ1) is 20.4. The third-order valence-electron chi connectivity index (χ3n) is 7.90. The highest BCUT2D eigenvalue weighted by molar-refractivity contribution is 5.82. The molecule has 4 heterocycles. The molecule has 0 N–H and O–H groups in total. The monoisotopic (exact) mass is 446 g/mol. The van der Waals surface area contributed by atoms with E-state index < -0.39 is 0 Å². The fraction of sp³-hybridized carbons (Fsp3) is 0.286. The second-order valence-electron chi connectivity index (χ2n) is 9.60. The first-order valence-corrected chi connectivity index (χ1v) is 11.7. The number of anilines is 2. The average Bonchev–Trinajstić information content (AvgIpc) is 3.43. The van der Waals surface area contributed by atoms with Gasteiger partial charge >= 0.3 is 0 Å². The normalized spacial score (nSPS) is 26.4. The summed E-state index contributed by atoms with van der Waals surface area (Å²) >= 11 is 0. The minimum Gasteiger partial charge on any atom is -0.359 e. The average molecular weight is 447 g/mol. The van der Waals surface area contributed by atoms with E-state index in [1.165, 1.54) is 11.3 Å². The molecule has 0 radical (unpaired) electrons. The van der Waals surface area contributed by atoms with Crippen LogP contribution >= 0.6 is 0 Å². The first-order valence-electron chi connectivity index (χ1n) is 11.7. The van der Waals surface area contributed by atoms with Gasteiger partial charge in [-0.3, -0.25) is 0 Å². The van der Waals surface area contributed by atoms with E-state index in [0.717, 1.165) is 29.7 Å². The molecule has 0 aromatic heterocycles. The Morgan fingerprint density at radius 3 is 2.26 bits per heavy atom. The van der Waals surface area contributed by atoms with Gasteiger partial charge in [0.2, 0.25) is 0 Å². The molecule has 0 amide bonds. The summed E-state index contributed by atoms with van der Waals surface area (Å²) in [7, 11) is 4.24. The van der Waals surface area contributed by atoms with E-state index in [4.69, 9.17) is 0 Å². The molecule has 0 bridgehead atoms. The molecular weight excluding hydrogens is 420 g/mol. The predicted molar refractivity (Wildman–Crippen MR) is 133 cm³/mol. The van der Waals surface area contributed by atoms with Crippen LogP contribution in [0, 0.1) is 28.6 Å². The molecule has 6 heteroatoms. The van der Waals surface area contributed by atoms with Gasteiger partial charge in [-0.1, -0.05) is 6.58 Å². The van der Waals surface area contributed by atoms with Crippen molar-refractivity contribution in [1.29, 1.82) is 10.5 Å². The Bertz CT molecular complexity index is 1340. The van der Waals surface area contributed by atoms with Crippen molar-refractivity contribution in [3.63, 3.8) is 0 Å². The van der Waals surface area contributed by atoms with Gasteiger partial charge in [-0.15, -0.1) is 0 Å². The first-order chi connectivity index (χ1) is 16.5. The second-order valence-corrected chi connectivity index (χ2v) is 9.60. The highest BCUT2D eigenvalue weighted by Crippen LogP contribution is 2.53. The molecule has 0 saturated heterocycles. The molecule has 0 fully saturated rings. The van der Waals surface area contributed by atoms with E-state index in [1.54, 1.807) is 0 Å². The SMILES string of the molecule is C=C1c2cc(C#N)ccc2N2C=CN(C)C2CCC2c3cc(C#N)ccc3N3C=CN(C)C3C12. The fourth-order valence-electron chi connectivity index (χ4n) is 6.27. The van der Waals surface area contributed by atoms with E-state index in [0.29, 0.717) is 11.1 Å². The van der Waals surface area contributed by atoms with Crippen LogP contribution in [0.1, 0.15) is 41.0 Å². The molecule has 2 aromatic rings. The summed E-state index contributed by atoms with van der Waals surface area (Å²) in [5.41, 5.74) is 6.86. The molecule has 0 spiro atoms. The summed E-state index contributed by atoms with van der Waals surface area (Å²) in [6, 6.07) is 16.7. The molecule has 168 valence electrons. The maximum absolute atomic E-state index is 9.68. The number of benzene rings is 2. The zero-order chi connectivity index (χ0) is 23.6. The molecule has 4 aliphatic rings. The fourth-order valence-corrected chi connectivity index (χ4v) is 6.27. The topological polar surface area (TPSA) is 60.5 Å². The Kier molecular flexibility index (Phi) is 4.47. The summed E-state index contributed by atoms with van der Waals surface area (Å²) in [4.78, 5) is 9.17. The molecular formula is C28H26N6. The van der Waals surface area contributed by atoms with Gasteiger partial charge in [0, 0.05) is 56.1 Å². The van der Waals surface area contributed by atoms with Gasteiger partial charge in [-0.2, -0.15) is 10.5 Å². The van der Waals surface area contributed by atoms with Crippen LogP contribution in [0.5, 0.6) is 0 Å². The van der Waals surface area contributed by atoms with Gasteiger partial charge in [0.1, 0.15) is 12.3 Å². The largest absolute Gasteiger partial charge is 0.359 e. The van der Waals surface area contributed by atoms with Gasteiger partial charge in [-0.05, 0) is 66.3 Å². The molecule has 4 unspecified atom stereocenters. The van der Waals surface area contributed by atoms with E-state index >= 15 is 0 Å². The van der Waals surface area contributed by atoms with Crippen molar-refractivity contribution < 1.29 is 0 Å². The van der Waals surface area contributed by atoms with Gasteiger partial charge < -0.3 is 19.6 Å². The lowest BCUT2D eigenvalue weighted by atomic mass is 9.71. The van der Waals surface area contributed by atoms with Crippen molar-refractivity contribution in [2.45, 2.75) is 31.1 Å². The molecule has 2 aromatic carbocycles. The number of hydrogen-bond donors (Lipinski definition) is 0. The number of fused-ring (bicyclic) bond motifs is 9. The zero-order valence-corrected chi connectivity index (χ0v) is 19.4. The van der Waals surface area contributed by atoms with E-state index in [2.05, 4.69) is 95.4 Å². The summed E-state index contributed by atoms with van der Waals surface area (Å²) in [5, 5.41) is 19.3. The summed E-state index contributed by atoms with van der Waals surface area (Å²) in [6.45, 7) is 4.68. The predicted octanol–water partition coefficient (Wildman–Crippen LogP) is 4.75. The third-order valence-corrected chi connectivity index (χ3v) is 7.90. The summed E-state index contributed by atoms with van der Waals surface area (Å²) in [5.74, 6) is 0.301. The van der Waals surface area contributed by atoms with Crippen LogP contribution in [0.4, 0.5) is 11.4 Å². The Labute approximate surface area is 200 Å². The van der Waals surface area contributed by atoms with Gasteiger partial charge in [0.15, 0.2) is 0 Å². The van der Waals surface area contributed by atoms with E-state index in [-0.39, 0.29) is 24.2 Å². The van der Waals surface area contributed by atoms with E-state index in [9.17, 15) is 10.5 Å².